The first-order valence-corrected chi connectivity index (χ1v) is 21.4. The summed E-state index contributed by atoms with van der Waals surface area (Å²) in [6, 6.07) is 4.31. The van der Waals surface area contributed by atoms with Crippen molar-refractivity contribution in [2.45, 2.75) is 94.8 Å². The number of amides is 1. The summed E-state index contributed by atoms with van der Waals surface area (Å²) in [6.45, 7) is 5.03. The number of aromatic hydroxyl groups is 1. The summed E-state index contributed by atoms with van der Waals surface area (Å²) in [5, 5.41) is 10.9. The van der Waals surface area contributed by atoms with Crippen molar-refractivity contribution in [3.63, 3.8) is 0 Å². The lowest BCUT2D eigenvalue weighted by atomic mass is 10.1. The molecule has 2 rings (SSSR count). The molecule has 50 heavy (non-hydrogen) atoms. The number of primary amides is 1. The Hall–Kier alpha value is -2.96. The third-order valence-corrected chi connectivity index (χ3v) is 13.0. The van der Waals surface area contributed by atoms with E-state index in [-0.39, 0.29) is 54.6 Å². The number of carbonyl (C=O) groups is 1. The fourth-order valence-corrected chi connectivity index (χ4v) is 9.37. The summed E-state index contributed by atoms with van der Waals surface area (Å²) in [7, 11) is -10.1. The molecule has 0 saturated heterocycles. The average Bonchev–Trinajstić information content (AvgIpc) is 3.05. The van der Waals surface area contributed by atoms with Crippen LogP contribution in [-0.2, 0) is 39.5 Å². The van der Waals surface area contributed by atoms with Crippen LogP contribution in [0.2, 0.25) is 0 Å². The van der Waals surface area contributed by atoms with E-state index in [1.165, 1.54) is 66.2 Å². The Morgan fingerprint density at radius 3 is 1.84 bits per heavy atom. The molecule has 2 aromatic carbocycles. The molecule has 17 heteroatoms. The van der Waals surface area contributed by atoms with E-state index in [4.69, 9.17) is 15.2 Å². The molecule has 0 spiro atoms. The first-order valence-electron chi connectivity index (χ1n) is 16.8. The number of nitrogens with two attached hydrogens (primary N) is 1. The maximum Gasteiger partial charge on any atom is 0.262 e. The van der Waals surface area contributed by atoms with Gasteiger partial charge in [-0.3, -0.25) is 14.2 Å². The van der Waals surface area contributed by atoms with Gasteiger partial charge in [0.1, 0.15) is 15.5 Å². The highest BCUT2D eigenvalue weighted by molar-refractivity contribution is 7.93. The second kappa shape index (κ2) is 20.2. The van der Waals surface area contributed by atoms with Gasteiger partial charge in [0, 0.05) is 33.0 Å². The van der Waals surface area contributed by atoms with E-state index < -0.39 is 57.1 Å². The number of nitrogens with zero attached hydrogens (tertiary/aromatic N) is 1. The normalized spacial score (nSPS) is 12.4. The summed E-state index contributed by atoms with van der Waals surface area (Å²) in [5.41, 5.74) is 5.07. The predicted octanol–water partition coefficient (Wildman–Crippen LogP) is 4.85. The Labute approximate surface area is 298 Å². The van der Waals surface area contributed by atoms with Crippen LogP contribution in [0, 0.1) is 13.8 Å². The number of ether oxygens (including phenoxy) is 2. The number of rotatable bonds is 25. The Morgan fingerprint density at radius 1 is 0.780 bits per heavy atom. The van der Waals surface area contributed by atoms with Crippen LogP contribution in [0.1, 0.15) is 92.6 Å². The van der Waals surface area contributed by atoms with Crippen molar-refractivity contribution < 1.29 is 44.6 Å². The number of unbranched alkanes of at least 4 members (excludes halogenated alkanes) is 9. The zero-order valence-electron chi connectivity index (χ0n) is 29.8. The van der Waals surface area contributed by atoms with Gasteiger partial charge in [-0.25, -0.2) is 25.3 Å². The fourth-order valence-electron chi connectivity index (χ4n) is 5.27. The van der Waals surface area contributed by atoms with E-state index in [9.17, 15) is 35.2 Å². The molecule has 0 atom stereocenters. The largest absolute Gasteiger partial charge is 0.506 e. The van der Waals surface area contributed by atoms with Crippen LogP contribution in [-0.4, -0.2) is 86.8 Å². The highest BCUT2D eigenvalue weighted by Gasteiger charge is 2.31. The fraction of sp³-hybridized carbons (Fsp3) is 0.606. The van der Waals surface area contributed by atoms with E-state index in [1.54, 1.807) is 0 Å². The number of benzene rings is 2. The Kier molecular flexibility index (Phi) is 17.4. The third kappa shape index (κ3) is 12.7. The van der Waals surface area contributed by atoms with E-state index in [1.807, 2.05) is 0 Å². The lowest BCUT2D eigenvalue weighted by molar-refractivity contribution is 0.0997. The molecule has 0 aliphatic rings. The zero-order chi connectivity index (χ0) is 37.5. The average molecular weight is 763 g/mol. The minimum atomic E-state index is -4.68. The Morgan fingerprint density at radius 2 is 1.32 bits per heavy atom. The Bertz CT molecular complexity index is 1740. The van der Waals surface area contributed by atoms with Gasteiger partial charge in [-0.05, 0) is 55.7 Å². The molecule has 0 aromatic heterocycles. The van der Waals surface area contributed by atoms with E-state index in [0.29, 0.717) is 6.42 Å². The number of sulfonamides is 3. The van der Waals surface area contributed by atoms with Gasteiger partial charge in [-0.15, -0.1) is 0 Å². The van der Waals surface area contributed by atoms with Crippen LogP contribution in [0.4, 0.5) is 11.4 Å². The SMILES string of the molecule is CCCCCCCCCCCCS(=O)(=O)Nc1ccc(C(N)=O)c(S(=O)(=O)Nc2cc(S(=O)(=O)N(CCOC)CCOC)c(O)c(C)c2C)c1. The molecule has 0 bridgehead atoms. The molecule has 2 aromatic rings. The van der Waals surface area contributed by atoms with Crippen molar-refractivity contribution >= 4 is 47.4 Å². The van der Waals surface area contributed by atoms with Crippen LogP contribution < -0.4 is 15.2 Å². The molecule has 14 nitrogen and oxygen atoms in total. The highest BCUT2D eigenvalue weighted by Crippen LogP contribution is 2.37. The summed E-state index contributed by atoms with van der Waals surface area (Å²) >= 11 is 0. The van der Waals surface area contributed by atoms with Gasteiger partial charge in [0.25, 0.3) is 10.0 Å². The quantitative estimate of drug-likeness (QED) is 0.0797. The van der Waals surface area contributed by atoms with Crippen LogP contribution in [0.25, 0.3) is 0 Å². The third-order valence-electron chi connectivity index (χ3n) is 8.36. The standard InChI is InChI=1S/C33H54N4O10S3/c1-6-7-8-9-10-11-12-13-14-15-22-48(40,41)35-27-16-17-28(33(34)39)30(23-27)49(42,43)36-29-24-31(32(38)26(3)25(29)2)50(44,45)37(18-20-46-4)19-21-47-5/h16-17,23-24,35-36,38H,6-15,18-22H2,1-5H3,(H2,34,39). The van der Waals surface area contributed by atoms with Crippen molar-refractivity contribution in [1.82, 2.24) is 4.31 Å². The molecule has 1 amide bonds. The smallest absolute Gasteiger partial charge is 0.262 e. The first kappa shape index (κ1) is 43.2. The number of anilines is 2. The molecule has 0 aliphatic heterocycles. The van der Waals surface area contributed by atoms with Gasteiger partial charge in [0.05, 0.1) is 30.2 Å². The number of nitrogens with one attached hydrogen (secondary N) is 2. The summed E-state index contributed by atoms with van der Waals surface area (Å²) < 4.78 is 96.5. The molecule has 0 heterocycles. The van der Waals surface area contributed by atoms with Crippen molar-refractivity contribution in [1.29, 1.82) is 0 Å². The van der Waals surface area contributed by atoms with E-state index in [2.05, 4.69) is 16.4 Å². The predicted molar refractivity (Wildman–Crippen MR) is 195 cm³/mol. The maximum atomic E-state index is 13.8. The van der Waals surface area contributed by atoms with Crippen molar-refractivity contribution in [2.75, 3.05) is 55.7 Å². The van der Waals surface area contributed by atoms with Gasteiger partial charge in [-0.2, -0.15) is 4.31 Å². The highest BCUT2D eigenvalue weighted by atomic mass is 32.2. The van der Waals surface area contributed by atoms with Crippen molar-refractivity contribution in [2.24, 2.45) is 5.73 Å². The molecular weight excluding hydrogens is 709 g/mol. The summed E-state index contributed by atoms with van der Waals surface area (Å²) in [6.07, 6.45) is 10.3. The van der Waals surface area contributed by atoms with Crippen molar-refractivity contribution in [3.8, 4) is 5.75 Å². The van der Waals surface area contributed by atoms with Crippen LogP contribution in [0.5, 0.6) is 5.75 Å². The summed E-state index contributed by atoms with van der Waals surface area (Å²) in [5.74, 6) is -1.82. The molecule has 0 aliphatic carbocycles. The minimum Gasteiger partial charge on any atom is -0.506 e. The topological polar surface area (TPSA) is 211 Å². The first-order chi connectivity index (χ1) is 23.5. The van der Waals surface area contributed by atoms with Gasteiger partial charge in [0.15, 0.2) is 0 Å². The van der Waals surface area contributed by atoms with Gasteiger partial charge in [0.2, 0.25) is 26.0 Å². The van der Waals surface area contributed by atoms with Crippen LogP contribution in [0.3, 0.4) is 0 Å². The maximum absolute atomic E-state index is 13.8. The van der Waals surface area contributed by atoms with E-state index >= 15 is 0 Å². The molecule has 5 N–H and O–H groups in total. The molecule has 0 saturated carbocycles. The molecule has 0 radical (unpaired) electrons. The number of phenolic OH excluding ortho intramolecular Hbond substituents is 1. The molecular formula is C33H54N4O10S3. The number of methoxy groups -OCH3 is 2. The lowest BCUT2D eigenvalue weighted by Gasteiger charge is -2.24. The van der Waals surface area contributed by atoms with Gasteiger partial charge < -0.3 is 20.3 Å². The lowest BCUT2D eigenvalue weighted by Crippen LogP contribution is -2.36. The monoisotopic (exact) mass is 762 g/mol. The second-order valence-corrected chi connectivity index (χ2v) is 17.6. The zero-order valence-corrected chi connectivity index (χ0v) is 32.2. The van der Waals surface area contributed by atoms with Crippen LogP contribution >= 0.6 is 0 Å². The number of hydrogen-bond acceptors (Lipinski definition) is 10. The minimum absolute atomic E-state index is 0.0449. The Balaban J connectivity index is 2.33. The molecule has 0 unspecified atom stereocenters. The molecule has 284 valence electrons. The number of carbonyl (C=O) groups excluding carboxylic acids is 1. The van der Waals surface area contributed by atoms with Gasteiger partial charge >= 0.3 is 0 Å². The van der Waals surface area contributed by atoms with Gasteiger partial charge in [-0.1, -0.05) is 64.7 Å². The summed E-state index contributed by atoms with van der Waals surface area (Å²) in [4.78, 5) is 11.1. The molecule has 0 fully saturated rings. The van der Waals surface area contributed by atoms with E-state index in [0.717, 1.165) is 48.2 Å². The number of hydrogen-bond donors (Lipinski definition) is 4. The van der Waals surface area contributed by atoms with Crippen LogP contribution in [0.15, 0.2) is 34.1 Å². The number of phenols is 1. The van der Waals surface area contributed by atoms with Crippen molar-refractivity contribution in [3.05, 3.63) is 41.0 Å². The second-order valence-electron chi connectivity index (χ2n) is 12.2.